The number of carbonyl (C=O) groups excluding carboxylic acids is 1. The third-order valence-electron chi connectivity index (χ3n) is 4.03. The van der Waals surface area contributed by atoms with Crippen molar-refractivity contribution >= 4 is 17.7 Å². The van der Waals surface area contributed by atoms with Gasteiger partial charge in [0.1, 0.15) is 11.4 Å². The first-order valence-electron chi connectivity index (χ1n) is 7.15. The molecular weight excluding hydrogens is 275 g/mol. The molecule has 6 heteroatoms. The van der Waals surface area contributed by atoms with Crippen LogP contribution in [0.4, 0.5) is 14.9 Å². The highest BCUT2D eigenvalue weighted by atomic mass is 19.1. The van der Waals surface area contributed by atoms with Gasteiger partial charge in [0.05, 0.1) is 5.69 Å². The van der Waals surface area contributed by atoms with Crippen LogP contribution in [0.2, 0.25) is 0 Å². The Morgan fingerprint density at radius 2 is 1.81 bits per heavy atom. The van der Waals surface area contributed by atoms with E-state index in [1.807, 2.05) is 0 Å². The largest absolute Gasteiger partial charge is 0.478 e. The minimum Gasteiger partial charge on any atom is -0.478 e. The first-order chi connectivity index (χ1) is 10.1. The van der Waals surface area contributed by atoms with Crippen molar-refractivity contribution in [3.63, 3.8) is 0 Å². The molecule has 0 unspecified atom stereocenters. The fourth-order valence-electron chi connectivity index (χ4n) is 2.69. The summed E-state index contributed by atoms with van der Waals surface area (Å²) in [7, 11) is 0. The summed E-state index contributed by atoms with van der Waals surface area (Å²) in [4.78, 5) is 23.1. The van der Waals surface area contributed by atoms with Gasteiger partial charge in [-0.1, -0.05) is 6.07 Å². The fraction of sp³-hybridized carbons (Fsp3) is 0.467. The minimum absolute atomic E-state index is 0.0228. The van der Waals surface area contributed by atoms with Gasteiger partial charge < -0.3 is 15.7 Å². The van der Waals surface area contributed by atoms with Gasteiger partial charge in [0, 0.05) is 6.04 Å². The van der Waals surface area contributed by atoms with Crippen LogP contribution in [-0.4, -0.2) is 23.1 Å². The van der Waals surface area contributed by atoms with E-state index in [1.165, 1.54) is 12.1 Å². The SMILES string of the molecule is O=C(Nc1cccc(F)c1C(=O)O)NC(C1CC1)C1CC1. The zero-order valence-corrected chi connectivity index (χ0v) is 11.4. The second-order valence-corrected chi connectivity index (χ2v) is 5.77. The highest BCUT2D eigenvalue weighted by Crippen LogP contribution is 2.44. The maximum Gasteiger partial charge on any atom is 0.340 e. The molecule has 3 N–H and O–H groups in total. The lowest BCUT2D eigenvalue weighted by molar-refractivity contribution is 0.0693. The number of halogens is 1. The summed E-state index contributed by atoms with van der Waals surface area (Å²) in [5, 5.41) is 14.4. The number of amides is 2. The quantitative estimate of drug-likeness (QED) is 0.781. The smallest absolute Gasteiger partial charge is 0.340 e. The van der Waals surface area contributed by atoms with Crippen molar-refractivity contribution in [3.8, 4) is 0 Å². The summed E-state index contributed by atoms with van der Waals surface area (Å²) >= 11 is 0. The van der Waals surface area contributed by atoms with Gasteiger partial charge in [0.2, 0.25) is 0 Å². The number of benzene rings is 1. The Hall–Kier alpha value is -2.11. The van der Waals surface area contributed by atoms with Crippen molar-refractivity contribution in [2.45, 2.75) is 31.7 Å². The highest BCUT2D eigenvalue weighted by molar-refractivity contribution is 6.00. The van der Waals surface area contributed by atoms with Gasteiger partial charge >= 0.3 is 12.0 Å². The van der Waals surface area contributed by atoms with Crippen molar-refractivity contribution in [3.05, 3.63) is 29.6 Å². The maximum absolute atomic E-state index is 13.5. The average Bonchev–Trinajstić information content (AvgIpc) is 3.27. The molecule has 0 radical (unpaired) electrons. The number of hydrogen-bond donors (Lipinski definition) is 3. The molecular formula is C15H17FN2O3. The van der Waals surface area contributed by atoms with Gasteiger partial charge in [-0.3, -0.25) is 0 Å². The van der Waals surface area contributed by atoms with Crippen LogP contribution in [0.15, 0.2) is 18.2 Å². The second kappa shape index (κ2) is 5.35. The number of carboxylic acids is 1. The van der Waals surface area contributed by atoms with Crippen molar-refractivity contribution in [1.29, 1.82) is 0 Å². The van der Waals surface area contributed by atoms with E-state index >= 15 is 0 Å². The summed E-state index contributed by atoms with van der Waals surface area (Å²) in [5.74, 6) is -1.19. The molecule has 5 nitrogen and oxygen atoms in total. The van der Waals surface area contributed by atoms with Crippen molar-refractivity contribution in [2.75, 3.05) is 5.32 Å². The predicted octanol–water partition coefficient (Wildman–Crippen LogP) is 2.83. The molecule has 2 fully saturated rings. The zero-order chi connectivity index (χ0) is 15.0. The normalized spacial score (nSPS) is 17.6. The van der Waals surface area contributed by atoms with Crippen LogP contribution < -0.4 is 10.6 Å². The number of urea groups is 1. The molecule has 3 rings (SSSR count). The van der Waals surface area contributed by atoms with Crippen LogP contribution in [0.5, 0.6) is 0 Å². The molecule has 0 spiro atoms. The zero-order valence-electron chi connectivity index (χ0n) is 11.4. The fourth-order valence-corrected chi connectivity index (χ4v) is 2.69. The third-order valence-corrected chi connectivity index (χ3v) is 4.03. The van der Waals surface area contributed by atoms with Crippen LogP contribution >= 0.6 is 0 Å². The number of hydrogen-bond acceptors (Lipinski definition) is 2. The molecule has 2 aliphatic carbocycles. The van der Waals surface area contributed by atoms with Crippen molar-refractivity contribution in [1.82, 2.24) is 5.32 Å². The maximum atomic E-state index is 13.5. The van der Waals surface area contributed by atoms with Crippen LogP contribution in [0.25, 0.3) is 0 Å². The van der Waals surface area contributed by atoms with E-state index in [9.17, 15) is 14.0 Å². The van der Waals surface area contributed by atoms with Gasteiger partial charge in [-0.15, -0.1) is 0 Å². The van der Waals surface area contributed by atoms with Crippen molar-refractivity contribution < 1.29 is 19.1 Å². The standard InChI is InChI=1S/C15H17FN2O3/c16-10-2-1-3-11(12(10)14(19)20)17-15(21)18-13(8-4-5-8)9-6-7-9/h1-3,8-9,13H,4-7H2,(H,19,20)(H2,17,18,21). The molecule has 0 heterocycles. The van der Waals surface area contributed by atoms with Gasteiger partial charge in [-0.05, 0) is 49.7 Å². The summed E-state index contributed by atoms with van der Waals surface area (Å²) in [5.41, 5.74) is -0.535. The Morgan fingerprint density at radius 3 is 2.33 bits per heavy atom. The van der Waals surface area contributed by atoms with Crippen LogP contribution in [0.1, 0.15) is 36.0 Å². The summed E-state index contributed by atoms with van der Waals surface area (Å²) in [6.07, 6.45) is 4.51. The third kappa shape index (κ3) is 3.15. The number of rotatable bonds is 5. The Morgan fingerprint density at radius 1 is 1.19 bits per heavy atom. The summed E-state index contributed by atoms with van der Waals surface area (Å²) in [6, 6.07) is 3.51. The summed E-state index contributed by atoms with van der Waals surface area (Å²) in [6.45, 7) is 0. The van der Waals surface area contributed by atoms with Gasteiger partial charge in [-0.2, -0.15) is 0 Å². The molecule has 0 saturated heterocycles. The molecule has 0 atom stereocenters. The predicted molar refractivity (Wildman–Crippen MR) is 74.7 cm³/mol. The molecule has 1 aromatic rings. The lowest BCUT2D eigenvalue weighted by atomic mass is 10.1. The Labute approximate surface area is 121 Å². The Bertz CT molecular complexity index is 570. The van der Waals surface area contributed by atoms with E-state index in [4.69, 9.17) is 5.11 Å². The van der Waals surface area contributed by atoms with Crippen LogP contribution in [0.3, 0.4) is 0 Å². The van der Waals surface area contributed by atoms with E-state index in [1.54, 1.807) is 0 Å². The average molecular weight is 292 g/mol. The molecule has 0 aromatic heterocycles. The summed E-state index contributed by atoms with van der Waals surface area (Å²) < 4.78 is 13.5. The molecule has 0 bridgehead atoms. The first-order valence-corrected chi connectivity index (χ1v) is 7.15. The minimum atomic E-state index is -1.40. The number of carbonyl (C=O) groups is 2. The number of anilines is 1. The van der Waals surface area contributed by atoms with E-state index in [0.717, 1.165) is 31.7 Å². The van der Waals surface area contributed by atoms with E-state index in [-0.39, 0.29) is 11.7 Å². The molecule has 2 amide bonds. The Balaban J connectivity index is 1.69. The molecule has 2 aliphatic rings. The molecule has 112 valence electrons. The second-order valence-electron chi connectivity index (χ2n) is 5.77. The molecule has 21 heavy (non-hydrogen) atoms. The van der Waals surface area contributed by atoms with E-state index in [0.29, 0.717) is 11.8 Å². The highest BCUT2D eigenvalue weighted by Gasteiger charge is 2.42. The lowest BCUT2D eigenvalue weighted by Gasteiger charge is -2.18. The van der Waals surface area contributed by atoms with Gasteiger partial charge in [0.15, 0.2) is 0 Å². The molecule has 2 saturated carbocycles. The molecule has 0 aliphatic heterocycles. The van der Waals surface area contributed by atoms with Crippen LogP contribution in [-0.2, 0) is 0 Å². The van der Waals surface area contributed by atoms with E-state index < -0.39 is 23.4 Å². The lowest BCUT2D eigenvalue weighted by Crippen LogP contribution is -2.41. The number of aromatic carboxylic acids is 1. The van der Waals surface area contributed by atoms with Crippen molar-refractivity contribution in [2.24, 2.45) is 11.8 Å². The first kappa shape index (κ1) is 13.9. The van der Waals surface area contributed by atoms with Crippen LogP contribution in [0, 0.1) is 17.7 Å². The molecule has 1 aromatic carbocycles. The monoisotopic (exact) mass is 292 g/mol. The van der Waals surface area contributed by atoms with Gasteiger partial charge in [0.25, 0.3) is 0 Å². The number of carboxylic acid groups (broad SMARTS) is 1. The topological polar surface area (TPSA) is 78.4 Å². The van der Waals surface area contributed by atoms with E-state index in [2.05, 4.69) is 10.6 Å². The Kier molecular flexibility index (Phi) is 3.53. The number of nitrogens with one attached hydrogen (secondary N) is 2. The van der Waals surface area contributed by atoms with Gasteiger partial charge in [-0.25, -0.2) is 14.0 Å².